The zero-order valence-electron chi connectivity index (χ0n) is 12.4. The molecule has 3 N–H and O–H groups in total. The Kier molecular flexibility index (Phi) is 4.58. The quantitative estimate of drug-likeness (QED) is 0.855. The molecule has 1 aromatic carbocycles. The Morgan fingerprint density at radius 3 is 2.37 bits per heavy atom. The summed E-state index contributed by atoms with van der Waals surface area (Å²) in [4.78, 5) is 12.3. The number of nitrogens with two attached hydrogens (primary N) is 1. The first-order valence-electron chi connectivity index (χ1n) is 6.39. The van der Waals surface area contributed by atoms with E-state index < -0.39 is 11.0 Å². The van der Waals surface area contributed by atoms with Crippen LogP contribution in [0, 0.1) is 5.41 Å². The number of rotatable bonds is 5. The smallest absolute Gasteiger partial charge is 0.227 e. The van der Waals surface area contributed by atoms with Crippen molar-refractivity contribution in [3.05, 3.63) is 29.8 Å². The second-order valence-electron chi connectivity index (χ2n) is 5.84. The van der Waals surface area contributed by atoms with Crippen LogP contribution in [0.3, 0.4) is 0 Å². The van der Waals surface area contributed by atoms with Crippen molar-refractivity contribution in [3.63, 3.8) is 0 Å². The Morgan fingerprint density at radius 1 is 1.26 bits per heavy atom. The van der Waals surface area contributed by atoms with Crippen molar-refractivity contribution < 1.29 is 9.53 Å². The van der Waals surface area contributed by atoms with E-state index in [9.17, 15) is 4.79 Å². The second-order valence-corrected chi connectivity index (χ2v) is 5.84. The molecular formula is C15H24N2O2. The van der Waals surface area contributed by atoms with Gasteiger partial charge in [-0.15, -0.1) is 0 Å². The fourth-order valence-corrected chi connectivity index (χ4v) is 1.54. The summed E-state index contributed by atoms with van der Waals surface area (Å²) in [5.74, 6) is 0.707. The SMILES string of the molecule is COc1ccccc1CNC(=O)C(C)(C)C(C)(C)N. The van der Waals surface area contributed by atoms with Crippen LogP contribution < -0.4 is 15.8 Å². The molecule has 0 atom stereocenters. The van der Waals surface area contributed by atoms with Crippen LogP contribution in [-0.2, 0) is 11.3 Å². The number of amides is 1. The lowest BCUT2D eigenvalue weighted by atomic mass is 9.74. The van der Waals surface area contributed by atoms with Crippen LogP contribution in [0.2, 0.25) is 0 Å². The highest BCUT2D eigenvalue weighted by Crippen LogP contribution is 2.28. The van der Waals surface area contributed by atoms with Crippen LogP contribution >= 0.6 is 0 Å². The number of carbonyl (C=O) groups is 1. The Hall–Kier alpha value is -1.55. The molecule has 1 amide bonds. The van der Waals surface area contributed by atoms with Gasteiger partial charge in [0.1, 0.15) is 5.75 Å². The van der Waals surface area contributed by atoms with Gasteiger partial charge in [-0.25, -0.2) is 0 Å². The van der Waals surface area contributed by atoms with Crippen molar-refractivity contribution in [3.8, 4) is 5.75 Å². The minimum absolute atomic E-state index is 0.0640. The summed E-state index contributed by atoms with van der Waals surface area (Å²) in [5.41, 5.74) is 5.77. The van der Waals surface area contributed by atoms with Gasteiger partial charge < -0.3 is 15.8 Å². The molecule has 0 unspecified atom stereocenters. The van der Waals surface area contributed by atoms with Crippen molar-refractivity contribution >= 4 is 5.91 Å². The standard InChI is InChI=1S/C15H24N2O2/c1-14(2,15(3,4)16)13(18)17-10-11-8-6-7-9-12(11)19-5/h6-9H,10,16H2,1-5H3,(H,17,18). The highest BCUT2D eigenvalue weighted by molar-refractivity contribution is 5.83. The zero-order chi connectivity index (χ0) is 14.7. The third-order valence-electron chi connectivity index (χ3n) is 3.81. The molecule has 0 radical (unpaired) electrons. The summed E-state index contributed by atoms with van der Waals surface area (Å²) >= 11 is 0. The van der Waals surface area contributed by atoms with Crippen molar-refractivity contribution in [2.75, 3.05) is 7.11 Å². The van der Waals surface area contributed by atoms with E-state index in [2.05, 4.69) is 5.32 Å². The third kappa shape index (κ3) is 3.47. The predicted octanol–water partition coefficient (Wildman–Crippen LogP) is 2.07. The fraction of sp³-hybridized carbons (Fsp3) is 0.533. The van der Waals surface area contributed by atoms with Gasteiger partial charge in [-0.1, -0.05) is 18.2 Å². The molecule has 0 aliphatic rings. The Labute approximate surface area is 115 Å². The second kappa shape index (κ2) is 5.61. The summed E-state index contributed by atoms with van der Waals surface area (Å²) in [5, 5.41) is 2.92. The molecule has 0 aliphatic carbocycles. The molecule has 0 fully saturated rings. The van der Waals surface area contributed by atoms with Crippen molar-refractivity contribution in [1.82, 2.24) is 5.32 Å². The first-order chi connectivity index (χ1) is 8.70. The number of benzene rings is 1. The summed E-state index contributed by atoms with van der Waals surface area (Å²) < 4.78 is 5.25. The van der Waals surface area contributed by atoms with Crippen molar-refractivity contribution in [2.24, 2.45) is 11.1 Å². The van der Waals surface area contributed by atoms with Gasteiger partial charge in [0, 0.05) is 17.6 Å². The van der Waals surface area contributed by atoms with E-state index in [4.69, 9.17) is 10.5 Å². The van der Waals surface area contributed by atoms with Crippen LogP contribution in [0.15, 0.2) is 24.3 Å². The van der Waals surface area contributed by atoms with Crippen LogP contribution in [0.25, 0.3) is 0 Å². The molecule has 1 aromatic rings. The van der Waals surface area contributed by atoms with Gasteiger partial charge in [0.05, 0.1) is 12.5 Å². The number of para-hydroxylation sites is 1. The van der Waals surface area contributed by atoms with Crippen molar-refractivity contribution in [1.29, 1.82) is 0 Å². The van der Waals surface area contributed by atoms with E-state index in [0.29, 0.717) is 6.54 Å². The number of hydrogen-bond donors (Lipinski definition) is 2. The summed E-state index contributed by atoms with van der Waals surface area (Å²) in [6.45, 7) is 7.85. The van der Waals surface area contributed by atoms with E-state index in [1.165, 1.54) is 0 Å². The minimum Gasteiger partial charge on any atom is -0.496 e. The molecule has 0 spiro atoms. The van der Waals surface area contributed by atoms with Gasteiger partial charge in [-0.3, -0.25) is 4.79 Å². The molecular weight excluding hydrogens is 240 g/mol. The largest absolute Gasteiger partial charge is 0.496 e. The number of nitrogens with one attached hydrogen (secondary N) is 1. The van der Waals surface area contributed by atoms with E-state index in [0.717, 1.165) is 11.3 Å². The van der Waals surface area contributed by atoms with Gasteiger partial charge in [-0.2, -0.15) is 0 Å². The minimum atomic E-state index is -0.644. The molecule has 19 heavy (non-hydrogen) atoms. The van der Waals surface area contributed by atoms with E-state index in [1.807, 2.05) is 52.0 Å². The Morgan fingerprint density at radius 2 is 1.84 bits per heavy atom. The molecule has 106 valence electrons. The highest BCUT2D eigenvalue weighted by Gasteiger charge is 2.40. The highest BCUT2D eigenvalue weighted by atomic mass is 16.5. The maximum atomic E-state index is 12.3. The maximum absolute atomic E-state index is 12.3. The molecule has 4 nitrogen and oxygen atoms in total. The van der Waals surface area contributed by atoms with Gasteiger partial charge in [0.25, 0.3) is 0 Å². The van der Waals surface area contributed by atoms with E-state index in [1.54, 1.807) is 7.11 Å². The van der Waals surface area contributed by atoms with Crippen LogP contribution in [0.4, 0.5) is 0 Å². The summed E-state index contributed by atoms with van der Waals surface area (Å²) in [6, 6.07) is 7.62. The molecule has 0 heterocycles. The molecule has 0 bridgehead atoms. The normalized spacial score (nSPS) is 12.1. The molecule has 0 aliphatic heterocycles. The third-order valence-corrected chi connectivity index (χ3v) is 3.81. The van der Waals surface area contributed by atoms with Crippen LogP contribution in [0.1, 0.15) is 33.3 Å². The monoisotopic (exact) mass is 264 g/mol. The van der Waals surface area contributed by atoms with Gasteiger partial charge >= 0.3 is 0 Å². The van der Waals surface area contributed by atoms with Crippen LogP contribution in [0.5, 0.6) is 5.75 Å². The number of carbonyl (C=O) groups excluding carboxylic acids is 1. The lowest BCUT2D eigenvalue weighted by molar-refractivity contribution is -0.132. The zero-order valence-corrected chi connectivity index (χ0v) is 12.4. The number of hydrogen-bond acceptors (Lipinski definition) is 3. The van der Waals surface area contributed by atoms with E-state index in [-0.39, 0.29) is 5.91 Å². The molecule has 0 saturated heterocycles. The number of ether oxygens (including phenoxy) is 1. The molecule has 0 saturated carbocycles. The first-order valence-corrected chi connectivity index (χ1v) is 6.39. The topological polar surface area (TPSA) is 64.3 Å². The Balaban J connectivity index is 2.75. The fourth-order valence-electron chi connectivity index (χ4n) is 1.54. The summed E-state index contributed by atoms with van der Waals surface area (Å²) in [7, 11) is 1.62. The predicted molar refractivity (Wildman–Crippen MR) is 76.9 cm³/mol. The average Bonchev–Trinajstić information content (AvgIpc) is 2.34. The van der Waals surface area contributed by atoms with E-state index >= 15 is 0 Å². The van der Waals surface area contributed by atoms with Crippen molar-refractivity contribution in [2.45, 2.75) is 39.8 Å². The number of methoxy groups -OCH3 is 1. The first kappa shape index (κ1) is 15.5. The lowest BCUT2D eigenvalue weighted by Gasteiger charge is -2.36. The van der Waals surface area contributed by atoms with Gasteiger partial charge in [0.15, 0.2) is 0 Å². The molecule has 4 heteroatoms. The van der Waals surface area contributed by atoms with Gasteiger partial charge in [0.2, 0.25) is 5.91 Å². The van der Waals surface area contributed by atoms with Crippen LogP contribution in [-0.4, -0.2) is 18.6 Å². The van der Waals surface area contributed by atoms with Gasteiger partial charge in [-0.05, 0) is 33.8 Å². The average molecular weight is 264 g/mol. The molecule has 0 aromatic heterocycles. The maximum Gasteiger partial charge on any atom is 0.227 e. The summed E-state index contributed by atoms with van der Waals surface area (Å²) in [6.07, 6.45) is 0. The Bertz CT molecular complexity index is 448. The lowest BCUT2D eigenvalue weighted by Crippen LogP contribution is -2.55. The molecule has 1 rings (SSSR count).